The maximum Gasteiger partial charge on any atom is 0.226 e. The molecule has 0 aromatic heterocycles. The van der Waals surface area contributed by atoms with Gasteiger partial charge < -0.3 is 10.2 Å². The molecule has 2 rings (SSSR count). The molecule has 0 bridgehead atoms. The molecule has 0 radical (unpaired) electrons. The van der Waals surface area contributed by atoms with Gasteiger partial charge in [-0.25, -0.2) is 0 Å². The van der Waals surface area contributed by atoms with E-state index in [1.54, 1.807) is 11.0 Å². The van der Waals surface area contributed by atoms with Crippen LogP contribution in [0.3, 0.4) is 0 Å². The first-order chi connectivity index (χ1) is 11.9. The molecule has 0 aliphatic heterocycles. The first kappa shape index (κ1) is 19.0. The van der Waals surface area contributed by atoms with Crippen LogP contribution in [-0.4, -0.2) is 18.4 Å². The average Bonchev–Trinajstić information content (AvgIpc) is 2.58. The number of nitrogens with one attached hydrogen (secondary N) is 1. The van der Waals surface area contributed by atoms with Gasteiger partial charge in [0.15, 0.2) is 0 Å². The summed E-state index contributed by atoms with van der Waals surface area (Å²) in [6.45, 7) is 5.82. The van der Waals surface area contributed by atoms with Gasteiger partial charge in [-0.05, 0) is 48.7 Å². The fourth-order valence-corrected chi connectivity index (χ4v) is 2.67. The van der Waals surface area contributed by atoms with Gasteiger partial charge in [0, 0.05) is 36.3 Å². The predicted molar refractivity (Wildman–Crippen MR) is 103 cm³/mol. The van der Waals surface area contributed by atoms with Crippen molar-refractivity contribution in [2.75, 3.05) is 16.8 Å². The fraction of sp³-hybridized carbons (Fsp3) is 0.300. The van der Waals surface area contributed by atoms with Crippen LogP contribution in [0.1, 0.15) is 31.4 Å². The van der Waals surface area contributed by atoms with Gasteiger partial charge in [-0.15, -0.1) is 0 Å². The van der Waals surface area contributed by atoms with Gasteiger partial charge in [-0.2, -0.15) is 0 Å². The summed E-state index contributed by atoms with van der Waals surface area (Å²) in [5.74, 6) is -0.244. The molecule has 132 valence electrons. The Morgan fingerprint density at radius 1 is 1.12 bits per heavy atom. The molecule has 0 unspecified atom stereocenters. The van der Waals surface area contributed by atoms with E-state index in [0.29, 0.717) is 17.3 Å². The Morgan fingerprint density at radius 3 is 2.36 bits per heavy atom. The summed E-state index contributed by atoms with van der Waals surface area (Å²) in [5.41, 5.74) is 3.62. The highest BCUT2D eigenvalue weighted by molar-refractivity contribution is 6.31. The van der Waals surface area contributed by atoms with Crippen LogP contribution < -0.4 is 10.2 Å². The van der Waals surface area contributed by atoms with Crippen LogP contribution in [0.5, 0.6) is 0 Å². The maximum absolute atomic E-state index is 12.2. The van der Waals surface area contributed by atoms with E-state index in [2.05, 4.69) is 12.2 Å². The van der Waals surface area contributed by atoms with Crippen molar-refractivity contribution in [1.82, 2.24) is 0 Å². The number of amides is 2. The first-order valence-corrected chi connectivity index (χ1v) is 8.71. The number of anilines is 2. The molecular formula is C20H23ClN2O2. The Labute approximate surface area is 153 Å². The number of carbonyl (C=O) groups excluding carboxylic acids is 2. The third kappa shape index (κ3) is 5.33. The maximum atomic E-state index is 12.2. The van der Waals surface area contributed by atoms with Gasteiger partial charge in [0.2, 0.25) is 11.8 Å². The second kappa shape index (κ2) is 8.67. The van der Waals surface area contributed by atoms with Crippen molar-refractivity contribution < 1.29 is 9.59 Å². The Balaban J connectivity index is 1.98. The van der Waals surface area contributed by atoms with E-state index in [9.17, 15) is 9.59 Å². The lowest BCUT2D eigenvalue weighted by Gasteiger charge is -2.21. The number of aryl methyl sites for hydroxylation is 2. The van der Waals surface area contributed by atoms with Gasteiger partial charge in [0.05, 0.1) is 0 Å². The SMILES string of the molecule is CCc1ccc(N(CCC(=O)Nc2ccc(C)c(Cl)c2)C(C)=O)cc1. The van der Waals surface area contributed by atoms with Crippen molar-refractivity contribution >= 4 is 34.8 Å². The molecule has 2 amide bonds. The molecule has 25 heavy (non-hydrogen) atoms. The molecule has 0 heterocycles. The lowest BCUT2D eigenvalue weighted by atomic mass is 10.1. The van der Waals surface area contributed by atoms with E-state index < -0.39 is 0 Å². The normalized spacial score (nSPS) is 10.4. The minimum absolute atomic E-state index is 0.0876. The molecule has 0 aliphatic carbocycles. The van der Waals surface area contributed by atoms with E-state index in [4.69, 9.17) is 11.6 Å². The van der Waals surface area contributed by atoms with Crippen LogP contribution in [0.15, 0.2) is 42.5 Å². The second-order valence-electron chi connectivity index (χ2n) is 5.95. The number of hydrogen-bond donors (Lipinski definition) is 1. The van der Waals surface area contributed by atoms with E-state index in [1.807, 2.05) is 43.3 Å². The van der Waals surface area contributed by atoms with Gasteiger partial charge in [-0.3, -0.25) is 9.59 Å². The predicted octanol–water partition coefficient (Wildman–Crippen LogP) is 4.59. The fourth-order valence-electron chi connectivity index (χ4n) is 2.49. The van der Waals surface area contributed by atoms with Crippen LogP contribution in [0.25, 0.3) is 0 Å². The minimum atomic E-state index is -0.156. The molecule has 0 saturated carbocycles. The molecule has 0 spiro atoms. The van der Waals surface area contributed by atoms with Crippen LogP contribution in [0, 0.1) is 6.92 Å². The van der Waals surface area contributed by atoms with E-state index in [-0.39, 0.29) is 18.2 Å². The Kier molecular flexibility index (Phi) is 6.59. The molecule has 4 nitrogen and oxygen atoms in total. The summed E-state index contributed by atoms with van der Waals surface area (Å²) >= 11 is 6.07. The molecule has 0 fully saturated rings. The molecule has 5 heteroatoms. The number of benzene rings is 2. The Bertz CT molecular complexity index is 757. The van der Waals surface area contributed by atoms with Crippen LogP contribution >= 0.6 is 11.6 Å². The van der Waals surface area contributed by atoms with Crippen molar-refractivity contribution in [3.63, 3.8) is 0 Å². The number of hydrogen-bond acceptors (Lipinski definition) is 2. The second-order valence-corrected chi connectivity index (χ2v) is 6.36. The molecule has 2 aromatic rings. The Morgan fingerprint density at radius 2 is 1.80 bits per heavy atom. The van der Waals surface area contributed by atoms with Gasteiger partial charge in [0.1, 0.15) is 0 Å². The quantitative estimate of drug-likeness (QED) is 0.820. The van der Waals surface area contributed by atoms with Crippen LogP contribution in [0.2, 0.25) is 5.02 Å². The number of nitrogens with zero attached hydrogens (tertiary/aromatic N) is 1. The molecule has 0 aliphatic rings. The third-order valence-electron chi connectivity index (χ3n) is 4.05. The van der Waals surface area contributed by atoms with Gasteiger partial charge >= 0.3 is 0 Å². The monoisotopic (exact) mass is 358 g/mol. The standard InChI is InChI=1S/C20H23ClN2O2/c1-4-16-6-9-18(10-7-16)23(15(3)24)12-11-20(25)22-17-8-5-14(2)19(21)13-17/h5-10,13H,4,11-12H2,1-3H3,(H,22,25). The molecule has 0 saturated heterocycles. The lowest BCUT2D eigenvalue weighted by molar-refractivity contribution is -0.117. The highest BCUT2D eigenvalue weighted by Gasteiger charge is 2.13. The highest BCUT2D eigenvalue weighted by Crippen LogP contribution is 2.20. The van der Waals surface area contributed by atoms with Crippen LogP contribution in [0.4, 0.5) is 11.4 Å². The molecule has 2 aromatic carbocycles. The largest absolute Gasteiger partial charge is 0.326 e. The number of halogens is 1. The van der Waals surface area contributed by atoms with E-state index in [1.165, 1.54) is 12.5 Å². The topological polar surface area (TPSA) is 49.4 Å². The molecule has 1 N–H and O–H groups in total. The van der Waals surface area contributed by atoms with E-state index in [0.717, 1.165) is 17.7 Å². The number of rotatable bonds is 6. The van der Waals surface area contributed by atoms with Crippen molar-refractivity contribution in [3.8, 4) is 0 Å². The third-order valence-corrected chi connectivity index (χ3v) is 4.46. The van der Waals surface area contributed by atoms with Gasteiger partial charge in [-0.1, -0.05) is 36.7 Å². The molecular weight excluding hydrogens is 336 g/mol. The Hall–Kier alpha value is -2.33. The van der Waals surface area contributed by atoms with E-state index >= 15 is 0 Å². The summed E-state index contributed by atoms with van der Waals surface area (Å²) in [4.78, 5) is 25.7. The lowest BCUT2D eigenvalue weighted by Crippen LogP contribution is -2.31. The summed E-state index contributed by atoms with van der Waals surface area (Å²) in [6.07, 6.45) is 1.16. The van der Waals surface area contributed by atoms with Crippen molar-refractivity contribution in [2.45, 2.75) is 33.6 Å². The zero-order valence-electron chi connectivity index (χ0n) is 14.8. The highest BCUT2D eigenvalue weighted by atomic mass is 35.5. The number of carbonyl (C=O) groups is 2. The molecule has 0 atom stereocenters. The van der Waals surface area contributed by atoms with Crippen molar-refractivity contribution in [2.24, 2.45) is 0 Å². The van der Waals surface area contributed by atoms with Crippen molar-refractivity contribution in [1.29, 1.82) is 0 Å². The summed E-state index contributed by atoms with van der Waals surface area (Å²) < 4.78 is 0. The summed E-state index contributed by atoms with van der Waals surface area (Å²) in [6, 6.07) is 13.2. The average molecular weight is 359 g/mol. The van der Waals surface area contributed by atoms with Gasteiger partial charge in [0.25, 0.3) is 0 Å². The summed E-state index contributed by atoms with van der Waals surface area (Å²) in [7, 11) is 0. The zero-order chi connectivity index (χ0) is 18.4. The first-order valence-electron chi connectivity index (χ1n) is 8.33. The smallest absolute Gasteiger partial charge is 0.226 e. The zero-order valence-corrected chi connectivity index (χ0v) is 15.6. The van der Waals surface area contributed by atoms with Crippen molar-refractivity contribution in [3.05, 3.63) is 58.6 Å². The summed E-state index contributed by atoms with van der Waals surface area (Å²) in [5, 5.41) is 3.42. The van der Waals surface area contributed by atoms with Crippen LogP contribution in [-0.2, 0) is 16.0 Å². The minimum Gasteiger partial charge on any atom is -0.326 e.